The van der Waals surface area contributed by atoms with Gasteiger partial charge in [0.2, 0.25) is 0 Å². The van der Waals surface area contributed by atoms with Gasteiger partial charge in [-0.25, -0.2) is 0 Å². The summed E-state index contributed by atoms with van der Waals surface area (Å²) >= 11 is 0. The molecule has 3 aromatic rings. The molecule has 2 heteroatoms. The van der Waals surface area contributed by atoms with Gasteiger partial charge in [0.1, 0.15) is 12.4 Å². The largest absolute Gasteiger partial charge is 0.488 e. The first-order valence-electron chi connectivity index (χ1n) is 8.84. The van der Waals surface area contributed by atoms with Crippen LogP contribution in [0.2, 0.25) is 0 Å². The molecule has 0 N–H and O–H groups in total. The van der Waals surface area contributed by atoms with Gasteiger partial charge in [0, 0.05) is 0 Å². The van der Waals surface area contributed by atoms with Crippen molar-refractivity contribution in [2.75, 3.05) is 0 Å². The topological polar surface area (TPSA) is 26.3 Å². The molecule has 3 rings (SSSR count). The van der Waals surface area contributed by atoms with Crippen molar-refractivity contribution in [3.63, 3.8) is 0 Å². The van der Waals surface area contributed by atoms with Crippen LogP contribution in [0.1, 0.15) is 42.3 Å². The van der Waals surface area contributed by atoms with Crippen molar-refractivity contribution in [1.29, 1.82) is 0 Å². The van der Waals surface area contributed by atoms with Crippen LogP contribution in [0, 0.1) is 0 Å². The second-order valence-electron chi connectivity index (χ2n) is 7.47. The third-order valence-electron chi connectivity index (χ3n) is 4.46. The summed E-state index contributed by atoms with van der Waals surface area (Å²) in [6, 6.07) is 24.2. The molecule has 0 heterocycles. The van der Waals surface area contributed by atoms with Crippen molar-refractivity contribution >= 4 is 6.29 Å². The number of hydrogen-bond donors (Lipinski definition) is 0. The molecule has 0 bridgehead atoms. The molecule has 0 atom stereocenters. The van der Waals surface area contributed by atoms with E-state index in [0.29, 0.717) is 17.9 Å². The van der Waals surface area contributed by atoms with Gasteiger partial charge in [0.15, 0.2) is 6.29 Å². The predicted octanol–water partition coefficient (Wildman–Crippen LogP) is 6.04. The van der Waals surface area contributed by atoms with Crippen LogP contribution < -0.4 is 4.74 Å². The first kappa shape index (κ1) is 17.9. The van der Waals surface area contributed by atoms with E-state index < -0.39 is 0 Å². The maximum atomic E-state index is 11.5. The Labute approximate surface area is 155 Å². The Morgan fingerprint density at radius 1 is 0.846 bits per heavy atom. The summed E-state index contributed by atoms with van der Waals surface area (Å²) < 4.78 is 5.84. The Kier molecular flexibility index (Phi) is 5.22. The first-order valence-corrected chi connectivity index (χ1v) is 8.84. The quantitative estimate of drug-likeness (QED) is 0.527. The van der Waals surface area contributed by atoms with Crippen molar-refractivity contribution < 1.29 is 9.53 Å². The van der Waals surface area contributed by atoms with Gasteiger partial charge in [-0.15, -0.1) is 0 Å². The van der Waals surface area contributed by atoms with Crippen molar-refractivity contribution in [3.05, 3.63) is 89.5 Å². The van der Waals surface area contributed by atoms with E-state index in [9.17, 15) is 4.79 Å². The average Bonchev–Trinajstić information content (AvgIpc) is 2.66. The number of ether oxygens (including phenoxy) is 1. The molecule has 2 nitrogen and oxygen atoms in total. The smallest absolute Gasteiger partial charge is 0.153 e. The fourth-order valence-corrected chi connectivity index (χ4v) is 2.85. The minimum atomic E-state index is 0.127. The van der Waals surface area contributed by atoms with Crippen LogP contribution in [-0.4, -0.2) is 6.29 Å². The highest BCUT2D eigenvalue weighted by Crippen LogP contribution is 2.29. The van der Waals surface area contributed by atoms with E-state index in [1.807, 2.05) is 48.5 Å². The van der Waals surface area contributed by atoms with Gasteiger partial charge in [-0.2, -0.15) is 0 Å². The number of carbonyl (C=O) groups excluding carboxylic acids is 1. The highest BCUT2D eigenvalue weighted by molar-refractivity contribution is 5.83. The highest BCUT2D eigenvalue weighted by atomic mass is 16.5. The summed E-state index contributed by atoms with van der Waals surface area (Å²) in [5, 5.41) is 0. The fraction of sp³-hybridized carbons (Fsp3) is 0.208. The van der Waals surface area contributed by atoms with Gasteiger partial charge in [-0.05, 0) is 39.8 Å². The molecule has 0 unspecified atom stereocenters. The third kappa shape index (κ3) is 4.20. The van der Waals surface area contributed by atoms with E-state index in [0.717, 1.165) is 23.0 Å². The molecular weight excluding hydrogens is 320 g/mol. The molecule has 0 saturated heterocycles. The lowest BCUT2D eigenvalue weighted by atomic mass is 9.86. The lowest BCUT2D eigenvalue weighted by molar-refractivity contribution is 0.111. The zero-order valence-electron chi connectivity index (χ0n) is 15.5. The van der Waals surface area contributed by atoms with Crippen LogP contribution in [0.4, 0.5) is 0 Å². The summed E-state index contributed by atoms with van der Waals surface area (Å²) in [5.41, 5.74) is 5.17. The minimum Gasteiger partial charge on any atom is -0.488 e. The van der Waals surface area contributed by atoms with Crippen LogP contribution in [0.15, 0.2) is 72.8 Å². The Hall–Kier alpha value is -2.87. The van der Waals surface area contributed by atoms with E-state index in [1.54, 1.807) is 0 Å². The van der Waals surface area contributed by atoms with E-state index in [1.165, 1.54) is 5.56 Å². The normalized spacial score (nSPS) is 11.2. The minimum absolute atomic E-state index is 0.127. The molecule has 0 aliphatic rings. The van der Waals surface area contributed by atoms with Gasteiger partial charge in [-0.3, -0.25) is 4.79 Å². The van der Waals surface area contributed by atoms with Crippen molar-refractivity contribution in [3.8, 4) is 16.9 Å². The molecule has 0 amide bonds. The van der Waals surface area contributed by atoms with Gasteiger partial charge in [0.25, 0.3) is 0 Å². The molecular formula is C24H24O2. The summed E-state index contributed by atoms with van der Waals surface area (Å²) in [5.74, 6) is 0.610. The van der Waals surface area contributed by atoms with Gasteiger partial charge in [0.05, 0.1) is 5.56 Å². The number of rotatable bonds is 5. The van der Waals surface area contributed by atoms with Gasteiger partial charge in [-0.1, -0.05) is 81.4 Å². The molecule has 0 spiro atoms. The van der Waals surface area contributed by atoms with Crippen LogP contribution in [0.25, 0.3) is 11.1 Å². The fourth-order valence-electron chi connectivity index (χ4n) is 2.85. The molecule has 132 valence electrons. The number of aldehydes is 1. The van der Waals surface area contributed by atoms with E-state index in [4.69, 9.17) is 4.74 Å². The molecule has 0 fully saturated rings. The Balaban J connectivity index is 1.81. The first-order chi connectivity index (χ1) is 12.5. The summed E-state index contributed by atoms with van der Waals surface area (Å²) in [7, 11) is 0. The second-order valence-corrected chi connectivity index (χ2v) is 7.47. The summed E-state index contributed by atoms with van der Waals surface area (Å²) in [6.45, 7) is 7.05. The molecule has 0 saturated carbocycles. The van der Waals surface area contributed by atoms with Gasteiger partial charge < -0.3 is 4.74 Å². The number of benzene rings is 3. The average molecular weight is 344 g/mol. The molecule has 0 aliphatic heterocycles. The second kappa shape index (κ2) is 7.57. The maximum absolute atomic E-state index is 11.5. The summed E-state index contributed by atoms with van der Waals surface area (Å²) in [4.78, 5) is 11.5. The van der Waals surface area contributed by atoms with Crippen molar-refractivity contribution in [2.45, 2.75) is 32.8 Å². The Bertz CT molecular complexity index is 872. The van der Waals surface area contributed by atoms with Gasteiger partial charge >= 0.3 is 0 Å². The molecule has 3 aromatic carbocycles. The van der Waals surface area contributed by atoms with Crippen molar-refractivity contribution in [1.82, 2.24) is 0 Å². The number of carbonyl (C=O) groups is 1. The van der Waals surface area contributed by atoms with Crippen LogP contribution in [0.5, 0.6) is 5.75 Å². The SMILES string of the molecule is CC(C)(C)c1ccc(-c2ccc(OCc3ccccc3)c(C=O)c2)cc1. The zero-order chi connectivity index (χ0) is 18.6. The summed E-state index contributed by atoms with van der Waals surface area (Å²) in [6.07, 6.45) is 0.855. The van der Waals surface area contributed by atoms with Crippen LogP contribution in [-0.2, 0) is 12.0 Å². The standard InChI is InChI=1S/C24H24O2/c1-24(2,3)22-12-9-19(10-13-22)20-11-14-23(21(15-20)16-25)26-17-18-7-5-4-6-8-18/h4-16H,17H2,1-3H3. The lowest BCUT2D eigenvalue weighted by Gasteiger charge is -2.19. The third-order valence-corrected chi connectivity index (χ3v) is 4.46. The Morgan fingerprint density at radius 2 is 1.50 bits per heavy atom. The van der Waals surface area contributed by atoms with Crippen LogP contribution >= 0.6 is 0 Å². The highest BCUT2D eigenvalue weighted by Gasteiger charge is 2.13. The van der Waals surface area contributed by atoms with E-state index in [-0.39, 0.29) is 5.41 Å². The lowest BCUT2D eigenvalue weighted by Crippen LogP contribution is -2.10. The van der Waals surface area contributed by atoms with Crippen LogP contribution in [0.3, 0.4) is 0 Å². The zero-order valence-corrected chi connectivity index (χ0v) is 15.5. The maximum Gasteiger partial charge on any atom is 0.153 e. The Morgan fingerprint density at radius 3 is 2.12 bits per heavy atom. The van der Waals surface area contributed by atoms with E-state index in [2.05, 4.69) is 45.0 Å². The van der Waals surface area contributed by atoms with Crippen molar-refractivity contribution in [2.24, 2.45) is 0 Å². The molecule has 26 heavy (non-hydrogen) atoms. The van der Waals surface area contributed by atoms with E-state index >= 15 is 0 Å². The number of hydrogen-bond acceptors (Lipinski definition) is 2. The molecule has 0 aliphatic carbocycles. The monoisotopic (exact) mass is 344 g/mol. The molecule has 0 radical (unpaired) electrons. The predicted molar refractivity (Wildman–Crippen MR) is 107 cm³/mol. The molecule has 0 aromatic heterocycles.